The highest BCUT2D eigenvalue weighted by Crippen LogP contribution is 2.22. The molecule has 0 spiro atoms. The van der Waals surface area contributed by atoms with Crippen LogP contribution in [-0.2, 0) is 17.7 Å². The number of methoxy groups -OCH3 is 1. The van der Waals surface area contributed by atoms with Crippen molar-refractivity contribution in [3.8, 4) is 6.07 Å². The van der Waals surface area contributed by atoms with Gasteiger partial charge in [0.1, 0.15) is 17.7 Å². The first-order chi connectivity index (χ1) is 12.5. The van der Waals surface area contributed by atoms with Gasteiger partial charge in [0.05, 0.1) is 5.56 Å². The SMILES string of the molecule is COCC[n+]1cc(/N=C(/[O-])CSc2nc(CC(C)C)ccc2C#N)on1. The Bertz CT molecular complexity index is 798. The van der Waals surface area contributed by atoms with Crippen molar-refractivity contribution in [1.82, 2.24) is 10.3 Å². The summed E-state index contributed by atoms with van der Waals surface area (Å²) in [6.07, 6.45) is 2.35. The van der Waals surface area contributed by atoms with Crippen molar-refractivity contribution in [2.24, 2.45) is 10.9 Å². The van der Waals surface area contributed by atoms with Gasteiger partial charge in [0.25, 0.3) is 6.20 Å². The Hall–Kier alpha value is -2.44. The number of pyridine rings is 1. The highest BCUT2D eigenvalue weighted by atomic mass is 32.2. The standard InChI is InChI=1S/C17H21N5O3S/c1-12(2)8-14-5-4-13(9-18)17(19-14)26-11-15(23)20-16-10-22(21-25-16)6-7-24-3/h4-5,10,12H,6-8,11H2,1-3H3. The Labute approximate surface area is 156 Å². The molecular formula is C17H21N5O3S. The highest BCUT2D eigenvalue weighted by molar-refractivity contribution is 7.99. The number of hydrogen-bond acceptors (Lipinski definition) is 8. The average molecular weight is 375 g/mol. The summed E-state index contributed by atoms with van der Waals surface area (Å²) in [5.41, 5.74) is 1.35. The zero-order valence-corrected chi connectivity index (χ0v) is 15.8. The Morgan fingerprint density at radius 1 is 1.50 bits per heavy atom. The summed E-state index contributed by atoms with van der Waals surface area (Å²) in [6, 6.07) is 5.69. The summed E-state index contributed by atoms with van der Waals surface area (Å²) in [6.45, 7) is 5.20. The predicted molar refractivity (Wildman–Crippen MR) is 93.9 cm³/mol. The minimum absolute atomic E-state index is 0.0611. The summed E-state index contributed by atoms with van der Waals surface area (Å²) in [7, 11) is 1.59. The molecule has 26 heavy (non-hydrogen) atoms. The van der Waals surface area contributed by atoms with E-state index in [0.717, 1.165) is 12.1 Å². The molecule has 0 aliphatic rings. The largest absolute Gasteiger partial charge is 0.861 e. The summed E-state index contributed by atoms with van der Waals surface area (Å²) in [5.74, 6) is 0.269. The van der Waals surface area contributed by atoms with E-state index in [2.05, 4.69) is 35.2 Å². The highest BCUT2D eigenvalue weighted by Gasteiger charge is 2.11. The maximum absolute atomic E-state index is 12.1. The monoisotopic (exact) mass is 375 g/mol. The van der Waals surface area contributed by atoms with Crippen molar-refractivity contribution in [2.75, 3.05) is 19.5 Å². The molecule has 2 aromatic heterocycles. The minimum Gasteiger partial charge on any atom is -0.861 e. The molecule has 0 saturated carbocycles. The number of hydrogen-bond donors (Lipinski definition) is 0. The molecule has 0 saturated heterocycles. The Balaban J connectivity index is 2.02. The van der Waals surface area contributed by atoms with E-state index in [1.807, 2.05) is 6.07 Å². The zero-order chi connectivity index (χ0) is 18.9. The molecule has 0 N–H and O–H groups in total. The lowest BCUT2D eigenvalue weighted by Gasteiger charge is -2.11. The van der Waals surface area contributed by atoms with Crippen LogP contribution in [0, 0.1) is 17.2 Å². The molecule has 0 aromatic carbocycles. The molecular weight excluding hydrogens is 354 g/mol. The van der Waals surface area contributed by atoms with Crippen LogP contribution in [0.5, 0.6) is 0 Å². The van der Waals surface area contributed by atoms with Gasteiger partial charge in [-0.15, -0.1) is 0 Å². The van der Waals surface area contributed by atoms with Gasteiger partial charge < -0.3 is 9.84 Å². The van der Waals surface area contributed by atoms with E-state index in [4.69, 9.17) is 9.26 Å². The molecule has 2 aromatic rings. The Kier molecular flexibility index (Phi) is 7.56. The second kappa shape index (κ2) is 9.89. The number of rotatable bonds is 9. The maximum atomic E-state index is 12.1. The van der Waals surface area contributed by atoms with Gasteiger partial charge in [-0.2, -0.15) is 5.26 Å². The van der Waals surface area contributed by atoms with Crippen LogP contribution in [0.4, 0.5) is 5.88 Å². The second-order valence-corrected chi connectivity index (χ2v) is 6.92. The number of thioether (sulfide) groups is 1. The quantitative estimate of drug-likeness (QED) is 0.281. The van der Waals surface area contributed by atoms with Gasteiger partial charge in [-0.25, -0.2) is 9.98 Å². The zero-order valence-electron chi connectivity index (χ0n) is 15.0. The molecule has 0 amide bonds. The molecule has 0 unspecified atom stereocenters. The average Bonchev–Trinajstić information content (AvgIpc) is 3.05. The van der Waals surface area contributed by atoms with Crippen molar-refractivity contribution in [3.05, 3.63) is 29.6 Å². The normalized spacial score (nSPS) is 11.7. The molecule has 0 aliphatic carbocycles. The van der Waals surface area contributed by atoms with Crippen molar-refractivity contribution in [3.63, 3.8) is 0 Å². The fourth-order valence-corrected chi connectivity index (χ4v) is 2.88. The third-order valence-electron chi connectivity index (χ3n) is 3.25. The van der Waals surface area contributed by atoms with Gasteiger partial charge in [0.2, 0.25) is 11.8 Å². The van der Waals surface area contributed by atoms with Crippen molar-refractivity contribution < 1.29 is 19.0 Å². The molecule has 0 atom stereocenters. The van der Waals surface area contributed by atoms with Gasteiger partial charge in [0, 0.05) is 18.6 Å². The predicted octanol–water partition coefficient (Wildman–Crippen LogP) is 1.26. The van der Waals surface area contributed by atoms with E-state index >= 15 is 0 Å². The van der Waals surface area contributed by atoms with Crippen LogP contribution >= 0.6 is 11.8 Å². The van der Waals surface area contributed by atoms with Crippen LogP contribution in [0.1, 0.15) is 25.1 Å². The molecule has 2 heterocycles. The van der Waals surface area contributed by atoms with E-state index in [9.17, 15) is 10.4 Å². The van der Waals surface area contributed by atoms with Crippen LogP contribution in [0.2, 0.25) is 0 Å². The van der Waals surface area contributed by atoms with Crippen molar-refractivity contribution in [2.45, 2.75) is 31.8 Å². The van der Waals surface area contributed by atoms with Crippen molar-refractivity contribution in [1.29, 1.82) is 5.26 Å². The van der Waals surface area contributed by atoms with Gasteiger partial charge in [-0.05, 0) is 35.1 Å². The molecule has 9 heteroatoms. The fraction of sp³-hybridized carbons (Fsp3) is 0.471. The third-order valence-corrected chi connectivity index (χ3v) is 4.22. The molecule has 0 aliphatic heterocycles. The summed E-state index contributed by atoms with van der Waals surface area (Å²) >= 11 is 1.20. The molecule has 0 bridgehead atoms. The Morgan fingerprint density at radius 3 is 3.00 bits per heavy atom. The smallest absolute Gasteiger partial charge is 0.320 e. The fourth-order valence-electron chi connectivity index (χ4n) is 2.10. The topological polar surface area (TPSA) is 111 Å². The van der Waals surface area contributed by atoms with Crippen LogP contribution in [0.25, 0.3) is 0 Å². The van der Waals surface area contributed by atoms with Crippen molar-refractivity contribution >= 4 is 23.5 Å². The first-order valence-electron chi connectivity index (χ1n) is 8.14. The molecule has 0 radical (unpaired) electrons. The van der Waals surface area contributed by atoms with E-state index in [0.29, 0.717) is 29.7 Å². The van der Waals surface area contributed by atoms with Crippen LogP contribution in [0.15, 0.2) is 32.9 Å². The first kappa shape index (κ1) is 19.9. The number of aromatic nitrogens is 3. The second-order valence-electron chi connectivity index (χ2n) is 5.96. The van der Waals surface area contributed by atoms with Crippen LogP contribution < -0.4 is 9.79 Å². The van der Waals surface area contributed by atoms with Crippen LogP contribution in [0.3, 0.4) is 0 Å². The number of ether oxygens (including phenoxy) is 1. The van der Waals surface area contributed by atoms with Gasteiger partial charge in [0.15, 0.2) is 0 Å². The third kappa shape index (κ3) is 6.13. The summed E-state index contributed by atoms with van der Waals surface area (Å²) in [5, 5.41) is 25.6. The van der Waals surface area contributed by atoms with Gasteiger partial charge in [-0.3, -0.25) is 4.52 Å². The van der Waals surface area contributed by atoms with Gasteiger partial charge in [-0.1, -0.05) is 25.6 Å². The minimum atomic E-state index is -0.384. The molecule has 8 nitrogen and oxygen atoms in total. The molecule has 0 fully saturated rings. The maximum Gasteiger partial charge on any atom is 0.320 e. The van der Waals surface area contributed by atoms with E-state index in [1.165, 1.54) is 22.6 Å². The molecule has 2 rings (SSSR count). The van der Waals surface area contributed by atoms with E-state index in [-0.39, 0.29) is 17.5 Å². The number of aliphatic imine (C=N–C) groups is 1. The van der Waals surface area contributed by atoms with Crippen LogP contribution in [-0.4, -0.2) is 35.6 Å². The number of nitriles is 1. The first-order valence-corrected chi connectivity index (χ1v) is 9.13. The number of nitrogens with zero attached hydrogens (tertiary/aromatic N) is 5. The summed E-state index contributed by atoms with van der Waals surface area (Å²) in [4.78, 5) is 8.36. The van der Waals surface area contributed by atoms with Gasteiger partial charge >= 0.3 is 5.88 Å². The Morgan fingerprint density at radius 2 is 2.31 bits per heavy atom. The lowest BCUT2D eigenvalue weighted by Crippen LogP contribution is -2.36. The van der Waals surface area contributed by atoms with E-state index < -0.39 is 0 Å². The summed E-state index contributed by atoms with van der Waals surface area (Å²) < 4.78 is 11.4. The van der Waals surface area contributed by atoms with E-state index in [1.54, 1.807) is 13.2 Å². The molecule has 138 valence electrons. The lowest BCUT2D eigenvalue weighted by molar-refractivity contribution is -0.763. The lowest BCUT2D eigenvalue weighted by atomic mass is 10.1.